The molecule has 0 bridgehead atoms. The van der Waals surface area contributed by atoms with E-state index in [-0.39, 0.29) is 56.8 Å². The molecule has 1 fully saturated rings. The lowest BCUT2D eigenvalue weighted by Crippen LogP contribution is -2.57. The Balaban J connectivity index is 0.00000533. The van der Waals surface area contributed by atoms with Crippen molar-refractivity contribution in [3.63, 3.8) is 0 Å². The second kappa shape index (κ2) is 14.7. The Kier molecular flexibility index (Phi) is 12.3. The normalized spacial score (nSPS) is 17.8. The summed E-state index contributed by atoms with van der Waals surface area (Å²) in [6.07, 6.45) is -0.593. The zero-order valence-electron chi connectivity index (χ0n) is 22.9. The summed E-state index contributed by atoms with van der Waals surface area (Å²) >= 11 is 1.58. The zero-order chi connectivity index (χ0) is 27.9. The minimum Gasteiger partial charge on any atom is -0.391 e. The molecule has 1 aliphatic rings. The molecule has 2 aromatic rings. The molecule has 1 saturated heterocycles. The number of amides is 3. The van der Waals surface area contributed by atoms with Crippen LogP contribution in [0.15, 0.2) is 29.8 Å². The van der Waals surface area contributed by atoms with Crippen molar-refractivity contribution in [2.45, 2.75) is 65.3 Å². The van der Waals surface area contributed by atoms with Gasteiger partial charge < -0.3 is 31.1 Å². The summed E-state index contributed by atoms with van der Waals surface area (Å²) in [4.78, 5) is 46.0. The number of nitrogens with zero attached hydrogens (tertiary/aromatic N) is 2. The summed E-state index contributed by atoms with van der Waals surface area (Å²) in [6.45, 7) is 8.75. The molecule has 0 spiro atoms. The molecule has 39 heavy (non-hydrogen) atoms. The minimum atomic E-state index is -0.868. The molecule has 3 atom stereocenters. The number of hydrogen-bond donors (Lipinski definition) is 4. The molecule has 3 rings (SSSR count). The van der Waals surface area contributed by atoms with Crippen molar-refractivity contribution >= 4 is 41.5 Å². The van der Waals surface area contributed by atoms with Crippen molar-refractivity contribution in [3.8, 4) is 10.4 Å². The van der Waals surface area contributed by atoms with Crippen molar-refractivity contribution in [2.24, 2.45) is 11.1 Å². The van der Waals surface area contributed by atoms with Gasteiger partial charge in [0.15, 0.2) is 0 Å². The van der Waals surface area contributed by atoms with Gasteiger partial charge in [-0.25, -0.2) is 4.98 Å². The van der Waals surface area contributed by atoms with Crippen molar-refractivity contribution < 1.29 is 24.2 Å². The number of carbonyl (C=O) groups excluding carboxylic acids is 3. The fourth-order valence-electron chi connectivity index (χ4n) is 4.36. The van der Waals surface area contributed by atoms with Crippen LogP contribution < -0.4 is 16.4 Å². The average Bonchev–Trinajstić information content (AvgIpc) is 3.48. The number of rotatable bonds is 11. The molecule has 0 aliphatic carbocycles. The lowest BCUT2D eigenvalue weighted by molar-refractivity contribution is -0.144. The summed E-state index contributed by atoms with van der Waals surface area (Å²) in [5.41, 5.74) is 9.55. The number of nitrogens with one attached hydrogen (secondary N) is 2. The molecule has 216 valence electrons. The van der Waals surface area contributed by atoms with E-state index >= 15 is 0 Å². The first-order valence-corrected chi connectivity index (χ1v) is 13.7. The van der Waals surface area contributed by atoms with Crippen LogP contribution in [-0.4, -0.2) is 77.2 Å². The lowest BCUT2D eigenvalue weighted by Gasteiger charge is -2.35. The summed E-state index contributed by atoms with van der Waals surface area (Å²) in [5.74, 6) is -1.06. The number of likely N-dealkylation sites (tertiary alicyclic amines) is 1. The van der Waals surface area contributed by atoms with E-state index in [1.54, 1.807) is 11.3 Å². The quantitative estimate of drug-likeness (QED) is 0.297. The Bertz CT molecular complexity index is 1100. The SMILES string of the molecule is Cc1ncsc1-c1ccc(CNC(=O)[C@@H]2C[C@@H](O)CN2C(=O)[C@@H](NC(=O)CCOCCN)C(C)(C)C)cc1.Cl. The summed E-state index contributed by atoms with van der Waals surface area (Å²) in [6, 6.07) is 6.19. The largest absolute Gasteiger partial charge is 0.391 e. The Morgan fingerprint density at radius 1 is 1.23 bits per heavy atom. The number of thiazole rings is 1. The van der Waals surface area contributed by atoms with E-state index in [4.69, 9.17) is 10.5 Å². The van der Waals surface area contributed by atoms with Crippen LogP contribution in [0.25, 0.3) is 10.4 Å². The molecule has 5 N–H and O–H groups in total. The second-order valence-electron chi connectivity index (χ2n) is 10.6. The highest BCUT2D eigenvalue weighted by molar-refractivity contribution is 7.13. The highest BCUT2D eigenvalue weighted by atomic mass is 35.5. The number of benzene rings is 1. The monoisotopic (exact) mass is 581 g/mol. The predicted octanol–water partition coefficient (Wildman–Crippen LogP) is 2.01. The molecule has 0 saturated carbocycles. The summed E-state index contributed by atoms with van der Waals surface area (Å²) in [7, 11) is 0. The van der Waals surface area contributed by atoms with Crippen LogP contribution in [0.3, 0.4) is 0 Å². The first-order valence-electron chi connectivity index (χ1n) is 12.8. The van der Waals surface area contributed by atoms with Gasteiger partial charge in [0.2, 0.25) is 17.7 Å². The van der Waals surface area contributed by atoms with Gasteiger partial charge in [-0.05, 0) is 23.5 Å². The van der Waals surface area contributed by atoms with Crippen LogP contribution in [0.4, 0.5) is 0 Å². The molecule has 10 nitrogen and oxygen atoms in total. The van der Waals surface area contributed by atoms with E-state index in [1.165, 1.54) is 4.90 Å². The van der Waals surface area contributed by atoms with E-state index in [0.717, 1.165) is 21.7 Å². The van der Waals surface area contributed by atoms with Crippen LogP contribution in [0, 0.1) is 12.3 Å². The third-order valence-electron chi connectivity index (χ3n) is 6.45. The Morgan fingerprint density at radius 2 is 1.92 bits per heavy atom. The predicted molar refractivity (Wildman–Crippen MR) is 153 cm³/mol. The van der Waals surface area contributed by atoms with Crippen molar-refractivity contribution in [2.75, 3.05) is 26.3 Å². The number of halogens is 1. The highest BCUT2D eigenvalue weighted by Gasteiger charge is 2.44. The number of aliphatic hydroxyl groups is 1. The van der Waals surface area contributed by atoms with E-state index in [9.17, 15) is 19.5 Å². The third kappa shape index (κ3) is 8.97. The minimum absolute atomic E-state index is 0. The van der Waals surface area contributed by atoms with Gasteiger partial charge in [-0.15, -0.1) is 23.7 Å². The standard InChI is InChI=1S/C27H39N5O5S.ClH/c1-17-23(38-16-30-17)19-7-5-18(6-8-19)14-29-25(35)21-13-20(33)15-32(21)26(36)24(27(2,3)4)31-22(34)9-11-37-12-10-28;/h5-8,16,20-21,24,33H,9-15,28H2,1-4H3,(H,29,35)(H,31,34);1H/t20-,21+,24-;/m1./s1. The number of ether oxygens (including phenoxy) is 1. The van der Waals surface area contributed by atoms with Crippen LogP contribution in [-0.2, 0) is 25.7 Å². The summed E-state index contributed by atoms with van der Waals surface area (Å²) < 4.78 is 5.27. The molecule has 3 amide bonds. The molecule has 1 aliphatic heterocycles. The van der Waals surface area contributed by atoms with Crippen LogP contribution in [0.5, 0.6) is 0 Å². The number of β-amino-alcohol motifs (C(OH)–C–C–N with tert-alkyl or cyclic N) is 1. The molecular formula is C27H40ClN5O5S. The van der Waals surface area contributed by atoms with Gasteiger partial charge in [0.05, 0.1) is 35.4 Å². The Labute approximate surface area is 240 Å². The van der Waals surface area contributed by atoms with Gasteiger partial charge in [-0.3, -0.25) is 14.4 Å². The van der Waals surface area contributed by atoms with Gasteiger partial charge in [0, 0.05) is 32.5 Å². The van der Waals surface area contributed by atoms with Gasteiger partial charge in [-0.2, -0.15) is 0 Å². The van der Waals surface area contributed by atoms with Gasteiger partial charge in [0.1, 0.15) is 12.1 Å². The lowest BCUT2D eigenvalue weighted by atomic mass is 9.85. The van der Waals surface area contributed by atoms with Gasteiger partial charge in [-0.1, -0.05) is 45.0 Å². The topological polar surface area (TPSA) is 147 Å². The van der Waals surface area contributed by atoms with E-state index in [0.29, 0.717) is 13.2 Å². The molecule has 0 radical (unpaired) electrons. The van der Waals surface area contributed by atoms with Gasteiger partial charge >= 0.3 is 0 Å². The fraction of sp³-hybridized carbons (Fsp3) is 0.556. The molecule has 2 heterocycles. The maximum atomic E-state index is 13.6. The first-order chi connectivity index (χ1) is 18.0. The molecule has 0 unspecified atom stereocenters. The third-order valence-corrected chi connectivity index (χ3v) is 7.42. The van der Waals surface area contributed by atoms with Crippen molar-refractivity contribution in [1.29, 1.82) is 0 Å². The maximum absolute atomic E-state index is 13.6. The zero-order valence-corrected chi connectivity index (χ0v) is 24.6. The molecule has 1 aromatic heterocycles. The van der Waals surface area contributed by atoms with Crippen LogP contribution >= 0.6 is 23.7 Å². The average molecular weight is 582 g/mol. The Morgan fingerprint density at radius 3 is 2.51 bits per heavy atom. The number of nitrogens with two attached hydrogens (primary N) is 1. The Hall–Kier alpha value is -2.57. The molecular weight excluding hydrogens is 542 g/mol. The van der Waals surface area contributed by atoms with Crippen LogP contribution in [0.1, 0.15) is 44.9 Å². The number of carbonyl (C=O) groups is 3. The fourth-order valence-corrected chi connectivity index (χ4v) is 5.18. The first kappa shape index (κ1) is 32.6. The van der Waals surface area contributed by atoms with Crippen molar-refractivity contribution in [1.82, 2.24) is 20.5 Å². The van der Waals surface area contributed by atoms with Crippen LogP contribution in [0.2, 0.25) is 0 Å². The number of aromatic nitrogens is 1. The number of aliphatic hydroxyl groups excluding tert-OH is 1. The molecule has 1 aromatic carbocycles. The second-order valence-corrected chi connectivity index (χ2v) is 11.4. The van der Waals surface area contributed by atoms with E-state index < -0.39 is 29.5 Å². The van der Waals surface area contributed by atoms with Crippen molar-refractivity contribution in [3.05, 3.63) is 41.0 Å². The molecule has 12 heteroatoms. The summed E-state index contributed by atoms with van der Waals surface area (Å²) in [5, 5.41) is 16.0. The van der Waals surface area contributed by atoms with Gasteiger partial charge in [0.25, 0.3) is 0 Å². The maximum Gasteiger partial charge on any atom is 0.246 e. The van der Waals surface area contributed by atoms with E-state index in [1.807, 2.05) is 57.5 Å². The van der Waals surface area contributed by atoms with E-state index in [2.05, 4.69) is 15.6 Å². The number of aryl methyl sites for hydroxylation is 1. The number of hydrogen-bond acceptors (Lipinski definition) is 8. The highest BCUT2D eigenvalue weighted by Crippen LogP contribution is 2.28. The smallest absolute Gasteiger partial charge is 0.246 e.